The Morgan fingerprint density at radius 1 is 1.16 bits per heavy atom. The summed E-state index contributed by atoms with van der Waals surface area (Å²) in [5.74, 6) is 0. The lowest BCUT2D eigenvalue weighted by Crippen LogP contribution is -2.22. The largest absolute Gasteiger partial charge is 0.328 e. The third-order valence-electron chi connectivity index (χ3n) is 3.14. The maximum absolute atomic E-state index is 5.63. The highest BCUT2D eigenvalue weighted by atomic mass is 32.1. The van der Waals surface area contributed by atoms with E-state index in [1.165, 1.54) is 32.1 Å². The van der Waals surface area contributed by atoms with E-state index in [0.717, 1.165) is 5.69 Å². The Balaban J connectivity index is 0.000000163. The van der Waals surface area contributed by atoms with Gasteiger partial charge in [-0.25, -0.2) is 4.68 Å². The maximum Gasteiger partial charge on any atom is 0.242 e. The molecule has 5 nitrogen and oxygen atoms in total. The second-order valence-electron chi connectivity index (χ2n) is 4.65. The Bertz CT molecular complexity index is 527. The van der Waals surface area contributed by atoms with Crippen molar-refractivity contribution < 1.29 is 0 Å². The third kappa shape index (κ3) is 4.25. The van der Waals surface area contributed by atoms with E-state index in [1.54, 1.807) is 4.68 Å². The van der Waals surface area contributed by atoms with Crippen LogP contribution in [-0.4, -0.2) is 26.2 Å². The first-order valence-electron chi connectivity index (χ1n) is 6.58. The fraction of sp³-hybridized carbons (Fsp3) is 0.462. The lowest BCUT2D eigenvalue weighted by Gasteiger charge is -2.15. The summed E-state index contributed by atoms with van der Waals surface area (Å²) in [6.45, 7) is 0. The van der Waals surface area contributed by atoms with Gasteiger partial charge in [0.05, 0.1) is 5.69 Å². The van der Waals surface area contributed by atoms with Crippen LogP contribution in [0.2, 0.25) is 0 Å². The van der Waals surface area contributed by atoms with Crippen LogP contribution in [0.15, 0.2) is 30.3 Å². The van der Waals surface area contributed by atoms with Crippen molar-refractivity contribution in [2.45, 2.75) is 38.1 Å². The molecule has 1 fully saturated rings. The van der Waals surface area contributed by atoms with E-state index < -0.39 is 0 Å². The Labute approximate surface area is 117 Å². The van der Waals surface area contributed by atoms with Crippen molar-refractivity contribution in [2.24, 2.45) is 5.73 Å². The van der Waals surface area contributed by atoms with Gasteiger partial charge in [-0.05, 0) is 37.2 Å². The van der Waals surface area contributed by atoms with Crippen molar-refractivity contribution >= 4 is 12.2 Å². The number of rotatable bonds is 1. The average Bonchev–Trinajstić information content (AvgIpc) is 2.88. The molecule has 6 heteroatoms. The molecular weight excluding hydrogens is 258 g/mol. The first kappa shape index (κ1) is 13.9. The summed E-state index contributed by atoms with van der Waals surface area (Å²) in [4.78, 5) is 0. The number of H-pyrrole nitrogens is 1. The van der Waals surface area contributed by atoms with Gasteiger partial charge in [-0.2, -0.15) is 5.21 Å². The molecule has 0 bridgehead atoms. The van der Waals surface area contributed by atoms with Crippen LogP contribution in [0, 0.1) is 4.77 Å². The van der Waals surface area contributed by atoms with Crippen LogP contribution >= 0.6 is 12.2 Å². The van der Waals surface area contributed by atoms with Gasteiger partial charge in [0.25, 0.3) is 0 Å². The number of nitrogens with zero attached hydrogens (tertiary/aromatic N) is 3. The predicted molar refractivity (Wildman–Crippen MR) is 77.6 cm³/mol. The monoisotopic (exact) mass is 277 g/mol. The van der Waals surface area contributed by atoms with Crippen LogP contribution in [0.5, 0.6) is 0 Å². The normalized spacial score (nSPS) is 15.6. The standard InChI is InChI=1S/C7H6N4S.C6H13N/c12-7-8-9-10-11(7)6-4-2-1-3-5-6;7-6-4-2-1-3-5-6/h1-5H,(H,8,10,12);6H,1-5,7H2. The fourth-order valence-corrected chi connectivity index (χ4v) is 2.26. The Morgan fingerprint density at radius 2 is 1.84 bits per heavy atom. The van der Waals surface area contributed by atoms with E-state index in [0.29, 0.717) is 10.8 Å². The summed E-state index contributed by atoms with van der Waals surface area (Å²) >= 11 is 4.93. The molecule has 0 unspecified atom stereocenters. The number of aromatic amines is 1. The molecule has 1 saturated carbocycles. The molecule has 1 heterocycles. The van der Waals surface area contributed by atoms with Crippen molar-refractivity contribution in [2.75, 3.05) is 0 Å². The van der Waals surface area contributed by atoms with Crippen molar-refractivity contribution in [3.05, 3.63) is 35.1 Å². The highest BCUT2D eigenvalue weighted by Gasteiger charge is 2.06. The first-order valence-corrected chi connectivity index (χ1v) is 6.99. The lowest BCUT2D eigenvalue weighted by atomic mass is 9.97. The molecule has 102 valence electrons. The van der Waals surface area contributed by atoms with Gasteiger partial charge in [-0.1, -0.05) is 47.8 Å². The predicted octanol–water partition coefficient (Wildman–Crippen LogP) is 2.60. The molecule has 0 aliphatic heterocycles. The van der Waals surface area contributed by atoms with Gasteiger partial charge in [-0.3, -0.25) is 0 Å². The van der Waals surface area contributed by atoms with Gasteiger partial charge < -0.3 is 5.73 Å². The molecule has 0 radical (unpaired) electrons. The van der Waals surface area contributed by atoms with Crippen LogP contribution in [-0.2, 0) is 0 Å². The quantitative estimate of drug-likeness (QED) is 0.786. The van der Waals surface area contributed by atoms with Gasteiger partial charge >= 0.3 is 0 Å². The van der Waals surface area contributed by atoms with Crippen molar-refractivity contribution in [3.8, 4) is 5.69 Å². The van der Waals surface area contributed by atoms with E-state index in [-0.39, 0.29) is 0 Å². The zero-order valence-electron chi connectivity index (χ0n) is 10.8. The summed E-state index contributed by atoms with van der Waals surface area (Å²) in [6, 6.07) is 10.2. The molecule has 1 aliphatic rings. The summed E-state index contributed by atoms with van der Waals surface area (Å²) in [5.41, 5.74) is 6.57. The Morgan fingerprint density at radius 3 is 2.32 bits per heavy atom. The van der Waals surface area contributed by atoms with Crippen molar-refractivity contribution in [1.29, 1.82) is 0 Å². The summed E-state index contributed by atoms with van der Waals surface area (Å²) in [5, 5.41) is 9.92. The molecule has 0 spiro atoms. The number of nitrogens with two attached hydrogens (primary N) is 1. The number of para-hydroxylation sites is 1. The minimum Gasteiger partial charge on any atom is -0.328 e. The van der Waals surface area contributed by atoms with Gasteiger partial charge in [-0.15, -0.1) is 0 Å². The maximum atomic E-state index is 5.63. The molecule has 1 aromatic carbocycles. The Kier molecular flexibility index (Phi) is 5.23. The molecule has 2 aromatic rings. The molecule has 0 amide bonds. The van der Waals surface area contributed by atoms with E-state index >= 15 is 0 Å². The number of hydrogen-bond donors (Lipinski definition) is 2. The van der Waals surface area contributed by atoms with E-state index in [9.17, 15) is 0 Å². The van der Waals surface area contributed by atoms with Gasteiger partial charge in [0.2, 0.25) is 4.77 Å². The summed E-state index contributed by atoms with van der Waals surface area (Å²) in [6.07, 6.45) is 6.66. The molecule has 3 rings (SSSR count). The van der Waals surface area contributed by atoms with Crippen molar-refractivity contribution in [1.82, 2.24) is 20.2 Å². The number of tetrazole rings is 1. The van der Waals surface area contributed by atoms with Crippen LogP contribution in [0.4, 0.5) is 0 Å². The molecule has 0 atom stereocenters. The zero-order valence-corrected chi connectivity index (χ0v) is 11.6. The SMILES string of the molecule is NC1CCCCC1.S=c1nn[nH]n1-c1ccccc1. The minimum absolute atomic E-state index is 0.432. The van der Waals surface area contributed by atoms with Crippen LogP contribution in [0.3, 0.4) is 0 Å². The van der Waals surface area contributed by atoms with Crippen LogP contribution in [0.25, 0.3) is 5.69 Å². The highest BCUT2D eigenvalue weighted by molar-refractivity contribution is 7.71. The molecule has 0 saturated heterocycles. The van der Waals surface area contributed by atoms with Crippen LogP contribution in [0.1, 0.15) is 32.1 Å². The highest BCUT2D eigenvalue weighted by Crippen LogP contribution is 2.14. The smallest absolute Gasteiger partial charge is 0.242 e. The third-order valence-corrected chi connectivity index (χ3v) is 3.40. The second-order valence-corrected chi connectivity index (χ2v) is 5.02. The number of aromatic nitrogens is 4. The van der Waals surface area contributed by atoms with Gasteiger partial charge in [0.1, 0.15) is 0 Å². The van der Waals surface area contributed by atoms with Gasteiger partial charge in [0.15, 0.2) is 0 Å². The van der Waals surface area contributed by atoms with E-state index in [2.05, 4.69) is 15.5 Å². The molecule has 1 aromatic heterocycles. The minimum atomic E-state index is 0.432. The lowest BCUT2D eigenvalue weighted by molar-refractivity contribution is 0.441. The molecule has 1 aliphatic carbocycles. The first-order chi connectivity index (χ1) is 9.27. The molecular formula is C13H19N5S. The topological polar surface area (TPSA) is 72.5 Å². The molecule has 3 N–H and O–H groups in total. The van der Waals surface area contributed by atoms with E-state index in [1.807, 2.05) is 30.3 Å². The number of hydrogen-bond acceptors (Lipinski definition) is 4. The number of benzene rings is 1. The van der Waals surface area contributed by atoms with E-state index in [4.69, 9.17) is 18.0 Å². The summed E-state index contributed by atoms with van der Waals surface area (Å²) in [7, 11) is 0. The molecule has 19 heavy (non-hydrogen) atoms. The zero-order chi connectivity index (χ0) is 13.5. The second kappa shape index (κ2) is 7.16. The van der Waals surface area contributed by atoms with Crippen LogP contribution < -0.4 is 5.73 Å². The fourth-order valence-electron chi connectivity index (χ4n) is 2.08. The average molecular weight is 277 g/mol. The van der Waals surface area contributed by atoms with Gasteiger partial charge in [0, 0.05) is 6.04 Å². The Hall–Kier alpha value is -1.53. The van der Waals surface area contributed by atoms with Crippen molar-refractivity contribution in [3.63, 3.8) is 0 Å². The summed E-state index contributed by atoms with van der Waals surface area (Å²) < 4.78 is 2.07. The number of nitrogens with one attached hydrogen (secondary N) is 1.